The molecule has 42 heavy (non-hydrogen) atoms. The van der Waals surface area contributed by atoms with Gasteiger partial charge in [0.1, 0.15) is 0 Å². The molecule has 7 aromatic rings. The van der Waals surface area contributed by atoms with E-state index in [9.17, 15) is 5.26 Å². The van der Waals surface area contributed by atoms with Crippen LogP contribution in [0.1, 0.15) is 5.56 Å². The minimum absolute atomic E-state index is 0.613. The highest BCUT2D eigenvalue weighted by Gasteiger charge is 2.16. The highest BCUT2D eigenvalue weighted by atomic mass is 15.0. The van der Waals surface area contributed by atoms with E-state index in [-0.39, 0.29) is 0 Å². The highest BCUT2D eigenvalue weighted by molar-refractivity contribution is 6.04. The van der Waals surface area contributed by atoms with Crippen molar-refractivity contribution in [1.29, 1.82) is 5.26 Å². The molecule has 196 valence electrons. The Morgan fingerprint density at radius 3 is 1.52 bits per heavy atom. The van der Waals surface area contributed by atoms with Gasteiger partial charge in [0.2, 0.25) is 0 Å². The molecule has 7 rings (SSSR count). The van der Waals surface area contributed by atoms with E-state index in [0.717, 1.165) is 49.7 Å². The Hall–Kier alpha value is -5.92. The highest BCUT2D eigenvalue weighted by Crippen LogP contribution is 2.40. The number of fused-ring (bicyclic) bond motifs is 1. The number of nitrogens with zero attached hydrogens (tertiary/aromatic N) is 4. The van der Waals surface area contributed by atoms with Crippen LogP contribution in [-0.4, -0.2) is 15.0 Å². The SMILES string of the molecule is N#Cc1ccccc1-c1ccc2ccccc2c1-c1ccc(-c2nc(-c3ccccc3)nc(-c3ccccc3)n2)cc1. The van der Waals surface area contributed by atoms with Gasteiger partial charge in [-0.25, -0.2) is 15.0 Å². The second kappa shape index (κ2) is 10.9. The lowest BCUT2D eigenvalue weighted by Crippen LogP contribution is -2.00. The molecule has 0 saturated carbocycles. The maximum atomic E-state index is 9.86. The number of aromatic nitrogens is 3. The van der Waals surface area contributed by atoms with Crippen LogP contribution in [0, 0.1) is 11.3 Å². The Morgan fingerprint density at radius 1 is 0.405 bits per heavy atom. The monoisotopic (exact) mass is 536 g/mol. The molecule has 0 aliphatic heterocycles. The van der Waals surface area contributed by atoms with Crippen LogP contribution >= 0.6 is 0 Å². The van der Waals surface area contributed by atoms with E-state index >= 15 is 0 Å². The Labute approximate surface area is 244 Å². The van der Waals surface area contributed by atoms with Crippen LogP contribution in [0.5, 0.6) is 0 Å². The molecule has 0 unspecified atom stereocenters. The molecule has 0 spiro atoms. The van der Waals surface area contributed by atoms with Crippen LogP contribution in [0.15, 0.2) is 146 Å². The van der Waals surface area contributed by atoms with Crippen LogP contribution in [0.4, 0.5) is 0 Å². The fourth-order valence-electron chi connectivity index (χ4n) is 5.35. The Kier molecular flexibility index (Phi) is 6.52. The van der Waals surface area contributed by atoms with Crippen molar-refractivity contribution in [3.8, 4) is 62.5 Å². The molecule has 0 aliphatic rings. The number of benzene rings is 6. The average Bonchev–Trinajstić information content (AvgIpc) is 3.08. The van der Waals surface area contributed by atoms with Crippen molar-refractivity contribution in [3.05, 3.63) is 151 Å². The Morgan fingerprint density at radius 2 is 0.905 bits per heavy atom. The first-order valence-electron chi connectivity index (χ1n) is 13.8. The molecule has 0 radical (unpaired) electrons. The van der Waals surface area contributed by atoms with Gasteiger partial charge in [-0.05, 0) is 33.5 Å². The third-order valence-electron chi connectivity index (χ3n) is 7.40. The predicted octanol–water partition coefficient (Wildman–Crippen LogP) is 9.23. The van der Waals surface area contributed by atoms with Crippen molar-refractivity contribution < 1.29 is 0 Å². The largest absolute Gasteiger partial charge is 0.208 e. The van der Waals surface area contributed by atoms with Crippen molar-refractivity contribution in [3.63, 3.8) is 0 Å². The van der Waals surface area contributed by atoms with Gasteiger partial charge in [0.25, 0.3) is 0 Å². The summed E-state index contributed by atoms with van der Waals surface area (Å²) in [5, 5.41) is 12.1. The van der Waals surface area contributed by atoms with E-state index in [1.807, 2.05) is 91.0 Å². The van der Waals surface area contributed by atoms with Gasteiger partial charge < -0.3 is 0 Å². The zero-order valence-corrected chi connectivity index (χ0v) is 22.6. The number of hydrogen-bond acceptors (Lipinski definition) is 4. The summed E-state index contributed by atoms with van der Waals surface area (Å²) in [6.07, 6.45) is 0. The van der Waals surface area contributed by atoms with Crippen molar-refractivity contribution in [2.24, 2.45) is 0 Å². The lowest BCUT2D eigenvalue weighted by molar-refractivity contribution is 1.07. The quantitative estimate of drug-likeness (QED) is 0.220. The van der Waals surface area contributed by atoms with E-state index < -0.39 is 0 Å². The summed E-state index contributed by atoms with van der Waals surface area (Å²) in [4.78, 5) is 14.6. The molecule has 0 N–H and O–H groups in total. The van der Waals surface area contributed by atoms with Gasteiger partial charge in [0.05, 0.1) is 11.6 Å². The van der Waals surface area contributed by atoms with Crippen molar-refractivity contribution in [2.75, 3.05) is 0 Å². The van der Waals surface area contributed by atoms with Crippen molar-refractivity contribution >= 4 is 10.8 Å². The lowest BCUT2D eigenvalue weighted by atomic mass is 9.88. The summed E-state index contributed by atoms with van der Waals surface area (Å²) in [5.41, 5.74) is 7.51. The van der Waals surface area contributed by atoms with E-state index in [1.165, 1.54) is 0 Å². The first-order chi connectivity index (χ1) is 20.8. The number of nitriles is 1. The molecular weight excluding hydrogens is 512 g/mol. The van der Waals surface area contributed by atoms with Crippen molar-refractivity contribution in [1.82, 2.24) is 15.0 Å². The third kappa shape index (κ3) is 4.70. The molecule has 0 bridgehead atoms. The second-order valence-corrected chi connectivity index (χ2v) is 9.98. The molecule has 1 aromatic heterocycles. The molecule has 0 aliphatic carbocycles. The van der Waals surface area contributed by atoms with Crippen LogP contribution in [0.25, 0.3) is 67.2 Å². The molecular formula is C38H24N4. The smallest absolute Gasteiger partial charge is 0.164 e. The van der Waals surface area contributed by atoms with E-state index in [2.05, 4.69) is 60.7 Å². The standard InChI is InChI=1S/C38H24N4/c39-25-31-16-8-9-17-32(31)34-24-23-26-11-7-10-18-33(26)35(34)27-19-21-30(22-20-27)38-41-36(28-12-3-1-4-13-28)40-37(42-38)29-14-5-2-6-15-29/h1-24H. The summed E-state index contributed by atoms with van der Waals surface area (Å²) in [5.74, 6) is 1.88. The molecule has 6 aromatic carbocycles. The normalized spacial score (nSPS) is 10.8. The summed E-state index contributed by atoms with van der Waals surface area (Å²) in [7, 11) is 0. The summed E-state index contributed by atoms with van der Waals surface area (Å²) < 4.78 is 0. The summed E-state index contributed by atoms with van der Waals surface area (Å²) in [6.45, 7) is 0. The molecule has 0 atom stereocenters. The Bertz CT molecular complexity index is 2020. The van der Waals surface area contributed by atoms with Crippen LogP contribution in [-0.2, 0) is 0 Å². The van der Waals surface area contributed by atoms with Gasteiger partial charge in [-0.2, -0.15) is 5.26 Å². The third-order valence-corrected chi connectivity index (χ3v) is 7.40. The minimum Gasteiger partial charge on any atom is -0.208 e. The number of hydrogen-bond donors (Lipinski definition) is 0. The second-order valence-electron chi connectivity index (χ2n) is 9.98. The van der Waals surface area contributed by atoms with Crippen LogP contribution in [0.2, 0.25) is 0 Å². The fraction of sp³-hybridized carbons (Fsp3) is 0. The Balaban J connectivity index is 1.38. The lowest BCUT2D eigenvalue weighted by Gasteiger charge is -2.15. The zero-order chi connectivity index (χ0) is 28.3. The average molecular weight is 537 g/mol. The summed E-state index contributed by atoms with van der Waals surface area (Å²) in [6, 6.07) is 51.1. The summed E-state index contributed by atoms with van der Waals surface area (Å²) >= 11 is 0. The molecule has 4 heteroatoms. The minimum atomic E-state index is 0.613. The van der Waals surface area contributed by atoms with Gasteiger partial charge in [-0.1, -0.05) is 140 Å². The van der Waals surface area contributed by atoms with Gasteiger partial charge in [0, 0.05) is 22.3 Å². The van der Waals surface area contributed by atoms with Gasteiger partial charge in [0.15, 0.2) is 17.5 Å². The molecule has 0 fully saturated rings. The van der Waals surface area contributed by atoms with Gasteiger partial charge >= 0.3 is 0 Å². The van der Waals surface area contributed by atoms with Gasteiger partial charge in [-0.15, -0.1) is 0 Å². The molecule has 1 heterocycles. The van der Waals surface area contributed by atoms with Crippen LogP contribution in [0.3, 0.4) is 0 Å². The first kappa shape index (κ1) is 25.1. The van der Waals surface area contributed by atoms with E-state index in [0.29, 0.717) is 23.0 Å². The number of rotatable bonds is 5. The van der Waals surface area contributed by atoms with E-state index in [4.69, 9.17) is 15.0 Å². The van der Waals surface area contributed by atoms with Crippen molar-refractivity contribution in [2.45, 2.75) is 0 Å². The molecule has 0 saturated heterocycles. The van der Waals surface area contributed by atoms with Gasteiger partial charge in [-0.3, -0.25) is 0 Å². The topological polar surface area (TPSA) is 62.5 Å². The fourth-order valence-corrected chi connectivity index (χ4v) is 5.35. The zero-order valence-electron chi connectivity index (χ0n) is 22.6. The van der Waals surface area contributed by atoms with E-state index in [1.54, 1.807) is 0 Å². The van der Waals surface area contributed by atoms with Crippen LogP contribution < -0.4 is 0 Å². The molecule has 0 amide bonds. The first-order valence-corrected chi connectivity index (χ1v) is 13.8. The maximum absolute atomic E-state index is 9.86. The predicted molar refractivity (Wildman–Crippen MR) is 169 cm³/mol. The molecule has 4 nitrogen and oxygen atoms in total. The maximum Gasteiger partial charge on any atom is 0.164 e.